The standard InChI is InChI=1S/C13H9F3O3S/c14-13(15,16)9-3-1-4-10(7-9)20(18)8-11(17)12-5-2-6-19-12/h1-7H,8H2. The van der Waals surface area contributed by atoms with E-state index in [0.717, 1.165) is 18.2 Å². The van der Waals surface area contributed by atoms with Gasteiger partial charge in [-0.2, -0.15) is 13.2 Å². The van der Waals surface area contributed by atoms with Crippen molar-refractivity contribution in [3.8, 4) is 0 Å². The van der Waals surface area contributed by atoms with Crippen molar-refractivity contribution in [2.24, 2.45) is 0 Å². The van der Waals surface area contributed by atoms with Crippen LogP contribution in [0.5, 0.6) is 0 Å². The van der Waals surface area contributed by atoms with Gasteiger partial charge in [-0.25, -0.2) is 0 Å². The third-order valence-electron chi connectivity index (χ3n) is 2.48. The lowest BCUT2D eigenvalue weighted by atomic mass is 10.2. The molecule has 1 heterocycles. The Balaban J connectivity index is 2.16. The first-order valence-corrected chi connectivity index (χ1v) is 6.82. The second kappa shape index (κ2) is 5.62. The van der Waals surface area contributed by atoms with E-state index in [-0.39, 0.29) is 10.7 Å². The monoisotopic (exact) mass is 302 g/mol. The Bertz CT molecular complexity index is 633. The van der Waals surface area contributed by atoms with Crippen molar-refractivity contribution in [3.63, 3.8) is 0 Å². The molecule has 0 aliphatic carbocycles. The maximum atomic E-state index is 12.5. The van der Waals surface area contributed by atoms with E-state index < -0.39 is 34.1 Å². The van der Waals surface area contributed by atoms with Gasteiger partial charge >= 0.3 is 6.18 Å². The van der Waals surface area contributed by atoms with Crippen molar-refractivity contribution in [3.05, 3.63) is 54.0 Å². The Morgan fingerprint density at radius 3 is 2.55 bits per heavy atom. The van der Waals surface area contributed by atoms with Gasteiger partial charge in [-0.15, -0.1) is 0 Å². The average Bonchev–Trinajstić information content (AvgIpc) is 2.91. The summed E-state index contributed by atoms with van der Waals surface area (Å²) in [6.07, 6.45) is -3.22. The summed E-state index contributed by atoms with van der Waals surface area (Å²) in [6, 6.07) is 7.03. The average molecular weight is 302 g/mol. The molecular formula is C13H9F3O3S. The zero-order chi connectivity index (χ0) is 14.8. The smallest absolute Gasteiger partial charge is 0.416 e. The van der Waals surface area contributed by atoms with Crippen molar-refractivity contribution in [2.45, 2.75) is 11.1 Å². The lowest BCUT2D eigenvalue weighted by molar-refractivity contribution is -0.137. The van der Waals surface area contributed by atoms with Gasteiger partial charge in [0, 0.05) is 4.90 Å². The third-order valence-corrected chi connectivity index (χ3v) is 3.79. The van der Waals surface area contributed by atoms with Gasteiger partial charge in [-0.05, 0) is 30.3 Å². The maximum Gasteiger partial charge on any atom is 0.416 e. The molecule has 0 fully saturated rings. The molecule has 0 radical (unpaired) electrons. The van der Waals surface area contributed by atoms with E-state index in [1.807, 2.05) is 0 Å². The summed E-state index contributed by atoms with van der Waals surface area (Å²) >= 11 is 0. The zero-order valence-electron chi connectivity index (χ0n) is 10.0. The Morgan fingerprint density at radius 1 is 1.20 bits per heavy atom. The predicted molar refractivity (Wildman–Crippen MR) is 65.8 cm³/mol. The molecule has 7 heteroatoms. The predicted octanol–water partition coefficient (Wildman–Crippen LogP) is 3.29. The first kappa shape index (κ1) is 14.5. The summed E-state index contributed by atoms with van der Waals surface area (Å²) in [7, 11) is -1.85. The van der Waals surface area contributed by atoms with Crippen LogP contribution in [0.1, 0.15) is 16.1 Å². The summed E-state index contributed by atoms with van der Waals surface area (Å²) in [5.74, 6) is -0.912. The van der Waals surface area contributed by atoms with Crippen molar-refractivity contribution < 1.29 is 26.6 Å². The molecule has 0 amide bonds. The quantitative estimate of drug-likeness (QED) is 0.814. The van der Waals surface area contributed by atoms with Crippen LogP contribution in [0, 0.1) is 0 Å². The van der Waals surface area contributed by atoms with Crippen LogP contribution in [0.3, 0.4) is 0 Å². The highest BCUT2D eigenvalue weighted by Gasteiger charge is 2.31. The van der Waals surface area contributed by atoms with E-state index in [4.69, 9.17) is 4.42 Å². The SMILES string of the molecule is O=C(CS(=O)c1cccc(C(F)(F)F)c1)c1ccco1. The first-order valence-electron chi connectivity index (χ1n) is 5.50. The Kier molecular flexibility index (Phi) is 4.08. The van der Waals surface area contributed by atoms with E-state index in [0.29, 0.717) is 0 Å². The number of alkyl halides is 3. The minimum absolute atomic E-state index is 0.0327. The molecule has 0 aliphatic rings. The Hall–Kier alpha value is -1.89. The van der Waals surface area contributed by atoms with Gasteiger partial charge in [0.05, 0.1) is 28.4 Å². The molecule has 1 aromatic carbocycles. The van der Waals surface area contributed by atoms with Crippen LogP contribution < -0.4 is 0 Å². The number of hydrogen-bond acceptors (Lipinski definition) is 3. The summed E-state index contributed by atoms with van der Waals surface area (Å²) in [4.78, 5) is 11.6. The molecule has 1 atom stereocenters. The summed E-state index contributed by atoms with van der Waals surface area (Å²) in [6.45, 7) is 0. The molecule has 2 rings (SSSR count). The maximum absolute atomic E-state index is 12.5. The van der Waals surface area contributed by atoms with Gasteiger partial charge in [0.2, 0.25) is 5.78 Å². The van der Waals surface area contributed by atoms with Gasteiger partial charge in [-0.3, -0.25) is 9.00 Å². The number of carbonyl (C=O) groups excluding carboxylic acids is 1. The van der Waals surface area contributed by atoms with Crippen LogP contribution in [0.2, 0.25) is 0 Å². The Labute approximate surface area is 114 Å². The lowest BCUT2D eigenvalue weighted by Crippen LogP contribution is -2.11. The van der Waals surface area contributed by atoms with E-state index in [1.54, 1.807) is 0 Å². The summed E-state index contributed by atoms with van der Waals surface area (Å²) < 4.78 is 54.4. The van der Waals surface area contributed by atoms with E-state index in [9.17, 15) is 22.2 Å². The zero-order valence-corrected chi connectivity index (χ0v) is 10.8. The second-order valence-corrected chi connectivity index (χ2v) is 5.37. The molecule has 0 saturated heterocycles. The highest BCUT2D eigenvalue weighted by atomic mass is 32.2. The van der Waals surface area contributed by atoms with Crippen LogP contribution in [0.4, 0.5) is 13.2 Å². The van der Waals surface area contributed by atoms with Gasteiger partial charge in [0.1, 0.15) is 0 Å². The minimum atomic E-state index is -4.51. The molecule has 106 valence electrons. The molecule has 0 bridgehead atoms. The molecule has 3 nitrogen and oxygen atoms in total. The number of ketones is 1. The number of rotatable bonds is 4. The first-order chi connectivity index (χ1) is 9.38. The largest absolute Gasteiger partial charge is 0.461 e. The molecule has 1 aromatic heterocycles. The number of furan rings is 1. The number of halogens is 3. The van der Waals surface area contributed by atoms with Crippen LogP contribution in [0.25, 0.3) is 0 Å². The topological polar surface area (TPSA) is 47.3 Å². The highest BCUT2D eigenvalue weighted by molar-refractivity contribution is 7.85. The number of carbonyl (C=O) groups is 1. The van der Waals surface area contributed by atoms with Crippen LogP contribution in [-0.2, 0) is 17.0 Å². The molecule has 20 heavy (non-hydrogen) atoms. The summed E-state index contributed by atoms with van der Waals surface area (Å²) in [5.41, 5.74) is -0.895. The Morgan fingerprint density at radius 2 is 1.95 bits per heavy atom. The van der Waals surface area contributed by atoms with Crippen LogP contribution in [-0.4, -0.2) is 15.7 Å². The van der Waals surface area contributed by atoms with Crippen molar-refractivity contribution in [1.82, 2.24) is 0 Å². The fraction of sp³-hybridized carbons (Fsp3) is 0.154. The number of hydrogen-bond donors (Lipinski definition) is 0. The molecule has 0 spiro atoms. The molecule has 2 aromatic rings. The number of Topliss-reactive ketones (excluding diaryl/α,β-unsaturated/α-hetero) is 1. The van der Waals surface area contributed by atoms with Gasteiger partial charge in [-0.1, -0.05) is 6.07 Å². The van der Waals surface area contributed by atoms with Crippen LogP contribution in [0.15, 0.2) is 52.0 Å². The van der Waals surface area contributed by atoms with Gasteiger partial charge in [0.15, 0.2) is 5.76 Å². The number of benzene rings is 1. The molecule has 0 aliphatic heterocycles. The third kappa shape index (κ3) is 3.36. The molecular weight excluding hydrogens is 293 g/mol. The minimum Gasteiger partial charge on any atom is -0.461 e. The summed E-state index contributed by atoms with van der Waals surface area (Å²) in [5, 5.41) is 0. The molecule has 0 saturated carbocycles. The van der Waals surface area contributed by atoms with E-state index >= 15 is 0 Å². The van der Waals surface area contributed by atoms with E-state index in [2.05, 4.69) is 0 Å². The fourth-order valence-corrected chi connectivity index (χ4v) is 2.56. The normalized spacial score (nSPS) is 13.2. The fourth-order valence-electron chi connectivity index (χ4n) is 1.52. The van der Waals surface area contributed by atoms with Crippen molar-refractivity contribution >= 4 is 16.6 Å². The highest BCUT2D eigenvalue weighted by Crippen LogP contribution is 2.30. The van der Waals surface area contributed by atoms with E-state index in [1.165, 1.54) is 24.5 Å². The van der Waals surface area contributed by atoms with Crippen molar-refractivity contribution in [2.75, 3.05) is 5.75 Å². The van der Waals surface area contributed by atoms with Gasteiger partial charge < -0.3 is 4.42 Å². The van der Waals surface area contributed by atoms with Crippen LogP contribution >= 0.6 is 0 Å². The van der Waals surface area contributed by atoms with Gasteiger partial charge in [0.25, 0.3) is 0 Å². The van der Waals surface area contributed by atoms with Crippen molar-refractivity contribution in [1.29, 1.82) is 0 Å². The lowest BCUT2D eigenvalue weighted by Gasteiger charge is -2.08. The second-order valence-electron chi connectivity index (χ2n) is 3.92. The molecule has 0 N–H and O–H groups in total. The molecule has 1 unspecified atom stereocenters.